The first-order valence-corrected chi connectivity index (χ1v) is 9.54. The Labute approximate surface area is 146 Å². The summed E-state index contributed by atoms with van der Waals surface area (Å²) >= 11 is 1.65. The smallest absolute Gasteiger partial charge is 0.227 e. The second-order valence-electron chi connectivity index (χ2n) is 6.74. The number of hydrogen-bond donors (Lipinski definition) is 0. The van der Waals surface area contributed by atoms with Crippen LogP contribution in [0.4, 0.5) is 5.13 Å². The van der Waals surface area contributed by atoms with Crippen molar-refractivity contribution < 1.29 is 4.79 Å². The van der Waals surface area contributed by atoms with Crippen LogP contribution in [0.1, 0.15) is 37.3 Å². The van der Waals surface area contributed by atoms with Crippen molar-refractivity contribution in [2.24, 2.45) is 13.0 Å². The van der Waals surface area contributed by atoms with Crippen molar-refractivity contribution in [1.82, 2.24) is 19.7 Å². The van der Waals surface area contributed by atoms with Crippen LogP contribution in [0.15, 0.2) is 24.0 Å². The zero-order valence-corrected chi connectivity index (χ0v) is 14.8. The van der Waals surface area contributed by atoms with Crippen molar-refractivity contribution in [2.75, 3.05) is 24.5 Å². The molecule has 0 aliphatic carbocycles. The van der Waals surface area contributed by atoms with Crippen LogP contribution in [0.25, 0.3) is 0 Å². The van der Waals surface area contributed by atoms with E-state index in [2.05, 4.69) is 19.9 Å². The number of thiazole rings is 1. The van der Waals surface area contributed by atoms with E-state index in [-0.39, 0.29) is 12.0 Å². The average molecular weight is 345 g/mol. The summed E-state index contributed by atoms with van der Waals surface area (Å²) in [6.45, 7) is 2.66. The van der Waals surface area contributed by atoms with Gasteiger partial charge in [0.1, 0.15) is 0 Å². The van der Waals surface area contributed by atoms with Crippen molar-refractivity contribution in [2.45, 2.75) is 31.7 Å². The quantitative estimate of drug-likeness (QED) is 0.857. The van der Waals surface area contributed by atoms with Gasteiger partial charge in [0.2, 0.25) is 5.91 Å². The molecule has 2 fully saturated rings. The van der Waals surface area contributed by atoms with E-state index in [0.717, 1.165) is 56.0 Å². The van der Waals surface area contributed by atoms with Gasteiger partial charge in [-0.2, -0.15) is 5.10 Å². The molecule has 1 amide bonds. The highest BCUT2D eigenvalue weighted by molar-refractivity contribution is 7.13. The van der Waals surface area contributed by atoms with Crippen LogP contribution in [0.5, 0.6) is 0 Å². The summed E-state index contributed by atoms with van der Waals surface area (Å²) in [5, 5.41) is 7.32. The lowest BCUT2D eigenvalue weighted by molar-refractivity contribution is -0.136. The van der Waals surface area contributed by atoms with E-state index in [4.69, 9.17) is 0 Å². The molecule has 0 radical (unpaired) electrons. The lowest BCUT2D eigenvalue weighted by atomic mass is 9.96. The molecule has 0 unspecified atom stereocenters. The molecule has 2 aromatic rings. The topological polar surface area (TPSA) is 54.3 Å². The Morgan fingerprint density at radius 2 is 2.17 bits per heavy atom. The maximum absolute atomic E-state index is 13.2. The highest BCUT2D eigenvalue weighted by atomic mass is 32.1. The van der Waals surface area contributed by atoms with Gasteiger partial charge < -0.3 is 9.80 Å². The number of rotatable bonds is 3. The highest BCUT2D eigenvalue weighted by Gasteiger charge is 2.36. The SMILES string of the molecule is Cn1cc([C@@H]2CCCN2C(=O)[C@@H]2CCCN(c3nccs3)C2)cn1. The molecule has 0 saturated carbocycles. The minimum atomic E-state index is 0.0833. The number of nitrogens with zero attached hydrogens (tertiary/aromatic N) is 5. The third-order valence-electron chi connectivity index (χ3n) is 5.11. The number of piperidine rings is 1. The third-order valence-corrected chi connectivity index (χ3v) is 5.94. The molecule has 2 aliphatic heterocycles. The van der Waals surface area contributed by atoms with Gasteiger partial charge in [0, 0.05) is 50.0 Å². The van der Waals surface area contributed by atoms with Gasteiger partial charge >= 0.3 is 0 Å². The molecule has 4 heterocycles. The average Bonchev–Trinajstić information content (AvgIpc) is 3.35. The second kappa shape index (κ2) is 6.55. The van der Waals surface area contributed by atoms with E-state index in [1.54, 1.807) is 11.3 Å². The van der Waals surface area contributed by atoms with Crippen LogP contribution in [-0.4, -0.2) is 45.2 Å². The molecule has 2 aromatic heterocycles. The van der Waals surface area contributed by atoms with E-state index in [0.29, 0.717) is 5.91 Å². The maximum atomic E-state index is 13.2. The summed E-state index contributed by atoms with van der Waals surface area (Å²) in [7, 11) is 1.93. The molecule has 7 heteroatoms. The summed E-state index contributed by atoms with van der Waals surface area (Å²) in [6.07, 6.45) is 9.94. The van der Waals surface area contributed by atoms with Crippen molar-refractivity contribution in [1.29, 1.82) is 0 Å². The predicted octanol–water partition coefficient (Wildman–Crippen LogP) is 2.46. The number of carbonyl (C=O) groups excluding carboxylic acids is 1. The minimum absolute atomic E-state index is 0.0833. The Bertz CT molecular complexity index is 698. The van der Waals surface area contributed by atoms with E-state index in [9.17, 15) is 4.79 Å². The van der Waals surface area contributed by atoms with Gasteiger partial charge in [0.25, 0.3) is 0 Å². The Balaban J connectivity index is 1.48. The van der Waals surface area contributed by atoms with Gasteiger partial charge in [0.15, 0.2) is 5.13 Å². The first-order chi connectivity index (χ1) is 11.7. The molecular formula is C17H23N5OS. The zero-order valence-electron chi connectivity index (χ0n) is 14.0. The molecular weight excluding hydrogens is 322 g/mol. The summed E-state index contributed by atoms with van der Waals surface area (Å²) in [4.78, 5) is 21.9. The van der Waals surface area contributed by atoms with E-state index >= 15 is 0 Å². The fraction of sp³-hybridized carbons (Fsp3) is 0.588. The number of aromatic nitrogens is 3. The van der Waals surface area contributed by atoms with Crippen molar-refractivity contribution in [3.63, 3.8) is 0 Å². The fourth-order valence-electron chi connectivity index (χ4n) is 3.95. The third kappa shape index (κ3) is 2.92. The number of carbonyl (C=O) groups is 1. The van der Waals surface area contributed by atoms with Gasteiger partial charge in [0.05, 0.1) is 18.2 Å². The van der Waals surface area contributed by atoms with E-state index in [1.807, 2.05) is 35.7 Å². The molecule has 0 spiro atoms. The molecule has 24 heavy (non-hydrogen) atoms. The van der Waals surface area contributed by atoms with Gasteiger partial charge in [-0.1, -0.05) is 0 Å². The van der Waals surface area contributed by atoms with Gasteiger partial charge in [-0.25, -0.2) is 4.98 Å². The van der Waals surface area contributed by atoms with Gasteiger partial charge in [-0.3, -0.25) is 9.48 Å². The summed E-state index contributed by atoms with van der Waals surface area (Å²) in [5.74, 6) is 0.391. The van der Waals surface area contributed by atoms with Gasteiger partial charge in [-0.05, 0) is 25.7 Å². The Morgan fingerprint density at radius 3 is 2.92 bits per heavy atom. The first-order valence-electron chi connectivity index (χ1n) is 8.66. The lowest BCUT2D eigenvalue weighted by Crippen LogP contribution is -2.44. The molecule has 6 nitrogen and oxygen atoms in total. The first kappa shape index (κ1) is 15.6. The molecule has 0 aromatic carbocycles. The number of aryl methyl sites for hydroxylation is 1. The van der Waals surface area contributed by atoms with Crippen LogP contribution < -0.4 is 4.90 Å². The molecule has 4 rings (SSSR count). The molecule has 0 bridgehead atoms. The minimum Gasteiger partial charge on any atom is -0.347 e. The summed E-state index contributed by atoms with van der Waals surface area (Å²) in [5.41, 5.74) is 1.16. The number of anilines is 1. The van der Waals surface area contributed by atoms with Crippen LogP contribution in [0.2, 0.25) is 0 Å². The van der Waals surface area contributed by atoms with Crippen molar-refractivity contribution >= 4 is 22.4 Å². The van der Waals surface area contributed by atoms with Crippen LogP contribution in [-0.2, 0) is 11.8 Å². The summed E-state index contributed by atoms with van der Waals surface area (Å²) < 4.78 is 1.82. The zero-order chi connectivity index (χ0) is 16.5. The van der Waals surface area contributed by atoms with Gasteiger partial charge in [-0.15, -0.1) is 11.3 Å². The Kier molecular flexibility index (Phi) is 4.26. The summed E-state index contributed by atoms with van der Waals surface area (Å²) in [6, 6.07) is 0.196. The van der Waals surface area contributed by atoms with Crippen molar-refractivity contribution in [3.8, 4) is 0 Å². The number of hydrogen-bond acceptors (Lipinski definition) is 5. The molecule has 2 aliphatic rings. The van der Waals surface area contributed by atoms with E-state index < -0.39 is 0 Å². The van der Waals surface area contributed by atoms with Crippen molar-refractivity contribution in [3.05, 3.63) is 29.5 Å². The molecule has 0 N–H and O–H groups in total. The molecule has 128 valence electrons. The lowest BCUT2D eigenvalue weighted by Gasteiger charge is -2.35. The highest BCUT2D eigenvalue weighted by Crippen LogP contribution is 2.34. The maximum Gasteiger partial charge on any atom is 0.227 e. The standard InChI is InChI=1S/C17H23N5OS/c1-20-11-14(10-19-20)15-5-3-8-22(15)16(23)13-4-2-7-21(12-13)17-18-6-9-24-17/h6,9-11,13,15H,2-5,7-8,12H2,1H3/t13-,15+/m1/s1. The molecule has 2 saturated heterocycles. The fourth-order valence-corrected chi connectivity index (χ4v) is 4.63. The normalized spacial score (nSPS) is 24.5. The number of amides is 1. The monoisotopic (exact) mass is 345 g/mol. The largest absolute Gasteiger partial charge is 0.347 e. The Hall–Kier alpha value is -1.89. The number of likely N-dealkylation sites (tertiary alicyclic amines) is 1. The molecule has 2 atom stereocenters. The van der Waals surface area contributed by atoms with E-state index in [1.165, 1.54) is 0 Å². The van der Waals surface area contributed by atoms with Crippen LogP contribution >= 0.6 is 11.3 Å². The second-order valence-corrected chi connectivity index (χ2v) is 7.61. The van der Waals surface area contributed by atoms with Crippen LogP contribution in [0.3, 0.4) is 0 Å². The predicted molar refractivity (Wildman–Crippen MR) is 93.9 cm³/mol. The Morgan fingerprint density at radius 1 is 1.29 bits per heavy atom. The van der Waals surface area contributed by atoms with Crippen LogP contribution in [0, 0.1) is 5.92 Å².